The second-order valence-corrected chi connectivity index (χ2v) is 10.2. The van der Waals surface area contributed by atoms with Gasteiger partial charge in [0.05, 0.1) is 11.4 Å². The summed E-state index contributed by atoms with van der Waals surface area (Å²) in [6, 6.07) is 34.7. The predicted molar refractivity (Wildman–Crippen MR) is 160 cm³/mol. The van der Waals surface area contributed by atoms with E-state index in [0.717, 1.165) is 53.3 Å². The van der Waals surface area contributed by atoms with Gasteiger partial charge >= 0.3 is 6.61 Å². The lowest BCUT2D eigenvalue weighted by Crippen LogP contribution is -2.24. The third-order valence-electron chi connectivity index (χ3n) is 7.13. The number of unbranched alkanes of at least 4 members (excludes halogenated alkanes) is 1. The largest absolute Gasteiger partial charge is 0.432 e. The highest BCUT2D eigenvalue weighted by Gasteiger charge is 2.22. The van der Waals surface area contributed by atoms with Crippen molar-refractivity contribution < 1.29 is 17.9 Å². The number of nitrogens with zero attached hydrogens (tertiary/aromatic N) is 3. The van der Waals surface area contributed by atoms with Crippen LogP contribution in [0.4, 0.5) is 13.2 Å². The molecule has 1 aromatic heterocycles. The molecule has 216 valence electrons. The standard InChI is InChI=1S/C35H34F3N3O/c1-2-3-21-41-31(33(28-15-9-5-10-16-28)39-34(41)29-17-11-6-12-18-29)25-40(23-26-13-7-4-8-14-26)24-27-19-20-32(30(36)22-27)42-35(37)38/h4-20,22,35H,2-3,21,23-25H2,1H3. The maximum absolute atomic E-state index is 14.7. The van der Waals surface area contributed by atoms with Crippen LogP contribution >= 0.6 is 0 Å². The van der Waals surface area contributed by atoms with E-state index in [1.54, 1.807) is 6.07 Å². The molecule has 7 heteroatoms. The maximum Gasteiger partial charge on any atom is 0.387 e. The van der Waals surface area contributed by atoms with E-state index < -0.39 is 18.2 Å². The number of imidazole rings is 1. The lowest BCUT2D eigenvalue weighted by atomic mass is 10.1. The zero-order valence-corrected chi connectivity index (χ0v) is 23.6. The van der Waals surface area contributed by atoms with Crippen molar-refractivity contribution in [3.8, 4) is 28.4 Å². The fourth-order valence-corrected chi connectivity index (χ4v) is 5.15. The highest BCUT2D eigenvalue weighted by molar-refractivity contribution is 5.68. The molecule has 5 rings (SSSR count). The summed E-state index contributed by atoms with van der Waals surface area (Å²) in [5.41, 5.74) is 5.83. The second-order valence-electron chi connectivity index (χ2n) is 10.2. The lowest BCUT2D eigenvalue weighted by molar-refractivity contribution is -0.0522. The van der Waals surface area contributed by atoms with Crippen LogP contribution in [0, 0.1) is 5.82 Å². The fraction of sp³-hybridized carbons (Fsp3) is 0.229. The third-order valence-corrected chi connectivity index (χ3v) is 7.13. The molecule has 4 nitrogen and oxygen atoms in total. The van der Waals surface area contributed by atoms with Gasteiger partial charge in [-0.1, -0.05) is 110 Å². The molecule has 0 saturated heterocycles. The summed E-state index contributed by atoms with van der Waals surface area (Å²) in [4.78, 5) is 7.45. The Hall–Kier alpha value is -4.36. The molecule has 0 aliphatic carbocycles. The number of hydrogen-bond acceptors (Lipinski definition) is 3. The summed E-state index contributed by atoms with van der Waals surface area (Å²) in [5, 5.41) is 0. The van der Waals surface area contributed by atoms with Crippen LogP contribution in [0.2, 0.25) is 0 Å². The fourth-order valence-electron chi connectivity index (χ4n) is 5.15. The van der Waals surface area contributed by atoms with E-state index in [2.05, 4.69) is 57.5 Å². The van der Waals surface area contributed by atoms with Crippen LogP contribution in [0.5, 0.6) is 5.75 Å². The number of hydrogen-bond donors (Lipinski definition) is 0. The quantitative estimate of drug-likeness (QED) is 0.142. The van der Waals surface area contributed by atoms with Gasteiger partial charge < -0.3 is 9.30 Å². The van der Waals surface area contributed by atoms with Crippen LogP contribution in [0.1, 0.15) is 36.6 Å². The molecule has 42 heavy (non-hydrogen) atoms. The first kappa shape index (κ1) is 29.1. The third kappa shape index (κ3) is 7.28. The van der Waals surface area contributed by atoms with E-state index in [0.29, 0.717) is 25.2 Å². The Morgan fingerprint density at radius 3 is 2.00 bits per heavy atom. The van der Waals surface area contributed by atoms with E-state index in [1.165, 1.54) is 12.1 Å². The Labute approximate surface area is 245 Å². The topological polar surface area (TPSA) is 30.3 Å². The van der Waals surface area contributed by atoms with Crippen molar-refractivity contribution in [1.82, 2.24) is 14.5 Å². The van der Waals surface area contributed by atoms with Crippen LogP contribution in [0.3, 0.4) is 0 Å². The summed E-state index contributed by atoms with van der Waals surface area (Å²) >= 11 is 0. The maximum atomic E-state index is 14.7. The Balaban J connectivity index is 1.58. The van der Waals surface area contributed by atoms with E-state index in [-0.39, 0.29) is 0 Å². The zero-order valence-electron chi connectivity index (χ0n) is 23.6. The Morgan fingerprint density at radius 1 is 0.762 bits per heavy atom. The van der Waals surface area contributed by atoms with Gasteiger partial charge in [-0.25, -0.2) is 9.37 Å². The molecule has 0 aliphatic rings. The SMILES string of the molecule is CCCCn1c(-c2ccccc2)nc(-c2ccccc2)c1CN(Cc1ccccc1)Cc1ccc(OC(F)F)c(F)c1. The number of alkyl halides is 2. The normalized spacial score (nSPS) is 11.4. The van der Waals surface area contributed by atoms with Gasteiger partial charge in [-0.15, -0.1) is 0 Å². The van der Waals surface area contributed by atoms with Gasteiger partial charge in [0.1, 0.15) is 5.82 Å². The number of rotatable bonds is 13. The summed E-state index contributed by atoms with van der Waals surface area (Å²) in [5.74, 6) is -0.353. The van der Waals surface area contributed by atoms with E-state index in [4.69, 9.17) is 4.98 Å². The van der Waals surface area contributed by atoms with Gasteiger partial charge in [-0.05, 0) is 29.7 Å². The van der Waals surface area contributed by atoms with Gasteiger partial charge in [0.25, 0.3) is 0 Å². The molecule has 0 amide bonds. The van der Waals surface area contributed by atoms with Crippen molar-refractivity contribution in [3.05, 3.63) is 132 Å². The number of ether oxygens (including phenoxy) is 1. The molecular weight excluding hydrogens is 535 g/mol. The van der Waals surface area contributed by atoms with E-state index in [1.807, 2.05) is 54.6 Å². The summed E-state index contributed by atoms with van der Waals surface area (Å²) in [6.45, 7) is 1.44. The smallest absolute Gasteiger partial charge is 0.387 e. The highest BCUT2D eigenvalue weighted by atomic mass is 19.3. The summed E-state index contributed by atoms with van der Waals surface area (Å²) in [6.07, 6.45) is 2.03. The minimum atomic E-state index is -3.08. The number of halogens is 3. The van der Waals surface area contributed by atoms with Gasteiger partial charge in [0.2, 0.25) is 0 Å². The van der Waals surface area contributed by atoms with Crippen molar-refractivity contribution in [2.45, 2.75) is 52.6 Å². The van der Waals surface area contributed by atoms with Crippen molar-refractivity contribution in [1.29, 1.82) is 0 Å². The van der Waals surface area contributed by atoms with Gasteiger partial charge in [-0.2, -0.15) is 8.78 Å². The molecule has 0 spiro atoms. The van der Waals surface area contributed by atoms with E-state index >= 15 is 0 Å². The molecule has 1 heterocycles. The molecule has 0 aliphatic heterocycles. The van der Waals surface area contributed by atoms with Crippen LogP contribution in [0.15, 0.2) is 109 Å². The summed E-state index contributed by atoms with van der Waals surface area (Å²) < 4.78 is 46.8. The van der Waals surface area contributed by atoms with Crippen molar-refractivity contribution in [2.24, 2.45) is 0 Å². The average molecular weight is 570 g/mol. The Kier molecular flexibility index (Phi) is 9.72. The molecule has 0 radical (unpaired) electrons. The molecule has 0 N–H and O–H groups in total. The van der Waals surface area contributed by atoms with Gasteiger partial charge in [0, 0.05) is 37.3 Å². The predicted octanol–water partition coefficient (Wildman–Crippen LogP) is 8.96. The molecule has 0 fully saturated rings. The molecule has 0 saturated carbocycles. The molecule has 0 bridgehead atoms. The van der Waals surface area contributed by atoms with Crippen molar-refractivity contribution >= 4 is 0 Å². The monoisotopic (exact) mass is 569 g/mol. The highest BCUT2D eigenvalue weighted by Crippen LogP contribution is 2.32. The van der Waals surface area contributed by atoms with Crippen LogP contribution in [-0.4, -0.2) is 21.1 Å². The van der Waals surface area contributed by atoms with Gasteiger partial charge in [-0.3, -0.25) is 4.90 Å². The minimum Gasteiger partial charge on any atom is -0.432 e. The average Bonchev–Trinajstić information content (AvgIpc) is 3.36. The first-order valence-corrected chi connectivity index (χ1v) is 14.2. The molecule has 0 unspecified atom stereocenters. The number of benzene rings is 4. The van der Waals surface area contributed by atoms with Crippen LogP contribution in [-0.2, 0) is 26.2 Å². The molecule has 0 atom stereocenters. The Bertz CT molecular complexity index is 1560. The van der Waals surface area contributed by atoms with Gasteiger partial charge in [0.15, 0.2) is 11.6 Å². The number of aromatic nitrogens is 2. The molecular formula is C35H34F3N3O. The molecule has 5 aromatic rings. The minimum absolute atomic E-state index is 0.397. The van der Waals surface area contributed by atoms with Crippen LogP contribution < -0.4 is 4.74 Å². The zero-order chi connectivity index (χ0) is 29.3. The summed E-state index contributed by atoms with van der Waals surface area (Å²) in [7, 11) is 0. The molecule has 4 aromatic carbocycles. The second kappa shape index (κ2) is 14.0. The van der Waals surface area contributed by atoms with Crippen molar-refractivity contribution in [3.63, 3.8) is 0 Å². The van der Waals surface area contributed by atoms with Crippen molar-refractivity contribution in [2.75, 3.05) is 0 Å². The first-order valence-electron chi connectivity index (χ1n) is 14.2. The first-order chi connectivity index (χ1) is 20.5. The Morgan fingerprint density at radius 2 is 1.38 bits per heavy atom. The van der Waals surface area contributed by atoms with E-state index in [9.17, 15) is 13.2 Å². The lowest BCUT2D eigenvalue weighted by Gasteiger charge is -2.25. The van der Waals surface area contributed by atoms with Crippen LogP contribution in [0.25, 0.3) is 22.6 Å².